The fourth-order valence-electron chi connectivity index (χ4n) is 0.660. The minimum absolute atomic E-state index is 0.207. The van der Waals surface area contributed by atoms with Gasteiger partial charge in [-0.15, -0.1) is 11.7 Å². The molecule has 0 unspecified atom stereocenters. The Bertz CT molecular complexity index is 143. The number of ether oxygens (including phenoxy) is 3. The molecule has 0 saturated carbocycles. The van der Waals surface area contributed by atoms with E-state index in [0.717, 1.165) is 0 Å². The third-order valence-electron chi connectivity index (χ3n) is 1.32. The van der Waals surface area contributed by atoms with Crippen LogP contribution in [0.2, 0.25) is 0 Å². The van der Waals surface area contributed by atoms with Gasteiger partial charge in [-0.25, -0.2) is 0 Å². The van der Waals surface area contributed by atoms with Gasteiger partial charge in [-0.3, -0.25) is 4.79 Å². The normalized spacial score (nSPS) is 10.1. The van der Waals surface area contributed by atoms with E-state index in [2.05, 4.69) is 11.7 Å². The minimum Gasteiger partial charge on any atom is -0.463 e. The highest BCUT2D eigenvalue weighted by molar-refractivity contribution is 8.68. The van der Waals surface area contributed by atoms with Gasteiger partial charge in [-0.2, -0.15) is 0 Å². The van der Waals surface area contributed by atoms with Crippen molar-refractivity contribution in [2.75, 3.05) is 39.3 Å². The van der Waals surface area contributed by atoms with Gasteiger partial charge in [-0.05, 0) is 0 Å². The molecule has 0 atom stereocenters. The zero-order valence-electron chi connectivity index (χ0n) is 8.23. The smallest absolute Gasteiger partial charge is 0.306 e. The van der Waals surface area contributed by atoms with Gasteiger partial charge in [0.25, 0.3) is 0 Å². The molecule has 0 bridgehead atoms. The van der Waals surface area contributed by atoms with Gasteiger partial charge < -0.3 is 14.2 Å². The van der Waals surface area contributed by atoms with Crippen LogP contribution in [0.15, 0.2) is 0 Å². The first-order chi connectivity index (χ1) is 6.81. The van der Waals surface area contributed by atoms with Crippen LogP contribution in [0, 0.1) is 0 Å². The number of carbonyl (C=O) groups is 1. The Hall–Kier alpha value is 0.0900. The topological polar surface area (TPSA) is 44.8 Å². The van der Waals surface area contributed by atoms with Crippen LogP contribution in [0.5, 0.6) is 0 Å². The van der Waals surface area contributed by atoms with Crippen LogP contribution >= 0.6 is 22.5 Å². The first-order valence-electron chi connectivity index (χ1n) is 4.30. The minimum atomic E-state index is -0.207. The third kappa shape index (κ3) is 10.2. The summed E-state index contributed by atoms with van der Waals surface area (Å²) in [5, 5.41) is 0. The number of methoxy groups -OCH3 is 1. The van der Waals surface area contributed by atoms with Gasteiger partial charge in [0.2, 0.25) is 0 Å². The number of hydrogen-bond acceptors (Lipinski definition) is 6. The van der Waals surface area contributed by atoms with Gasteiger partial charge in [0.05, 0.1) is 26.2 Å². The van der Waals surface area contributed by atoms with Gasteiger partial charge >= 0.3 is 5.97 Å². The Labute approximate surface area is 93.5 Å². The van der Waals surface area contributed by atoms with Crippen LogP contribution in [0.1, 0.15) is 6.42 Å². The van der Waals surface area contributed by atoms with Crippen molar-refractivity contribution in [1.82, 2.24) is 0 Å². The summed E-state index contributed by atoms with van der Waals surface area (Å²) in [6.07, 6.45) is 0.395. The predicted octanol–water partition coefficient (Wildman–Crippen LogP) is 1.16. The number of thiol groups is 1. The molecule has 0 aromatic heterocycles. The first-order valence-corrected chi connectivity index (χ1v) is 6.33. The van der Waals surface area contributed by atoms with Crippen molar-refractivity contribution in [3.05, 3.63) is 0 Å². The van der Waals surface area contributed by atoms with E-state index >= 15 is 0 Å². The van der Waals surface area contributed by atoms with E-state index < -0.39 is 0 Å². The number of hydrogen-bond donors (Lipinski definition) is 1. The van der Waals surface area contributed by atoms with Crippen molar-refractivity contribution in [2.45, 2.75) is 6.42 Å². The van der Waals surface area contributed by atoms with E-state index in [9.17, 15) is 4.79 Å². The van der Waals surface area contributed by atoms with Gasteiger partial charge in [0.15, 0.2) is 0 Å². The Balaban J connectivity index is 3.07. The van der Waals surface area contributed by atoms with Crippen molar-refractivity contribution < 1.29 is 19.0 Å². The van der Waals surface area contributed by atoms with Crippen molar-refractivity contribution in [3.63, 3.8) is 0 Å². The Kier molecular flexibility index (Phi) is 11.2. The van der Waals surface area contributed by atoms with Gasteiger partial charge in [0.1, 0.15) is 6.61 Å². The SMILES string of the molecule is COCCOCCOC(=O)CCSS. The number of rotatable bonds is 9. The summed E-state index contributed by atoms with van der Waals surface area (Å²) in [7, 11) is 2.94. The average molecular weight is 240 g/mol. The van der Waals surface area contributed by atoms with Crippen molar-refractivity contribution in [3.8, 4) is 0 Å². The number of carbonyl (C=O) groups excluding carboxylic acids is 1. The molecule has 0 fully saturated rings. The summed E-state index contributed by atoms with van der Waals surface area (Å²) in [6.45, 7) is 1.81. The Morgan fingerprint density at radius 1 is 1.29 bits per heavy atom. The highest BCUT2D eigenvalue weighted by Gasteiger charge is 2.01. The fraction of sp³-hybridized carbons (Fsp3) is 0.875. The van der Waals surface area contributed by atoms with Gasteiger partial charge in [-0.1, -0.05) is 10.8 Å². The lowest BCUT2D eigenvalue weighted by atomic mass is 10.5. The highest BCUT2D eigenvalue weighted by atomic mass is 33.1. The van der Waals surface area contributed by atoms with Crippen LogP contribution in [-0.4, -0.2) is 45.3 Å². The maximum Gasteiger partial charge on any atom is 0.306 e. The second kappa shape index (κ2) is 11.2. The standard InChI is InChI=1S/C8H16O4S2/c1-10-3-4-11-5-6-12-8(9)2-7-14-13/h13H,2-7H2,1H3. The number of esters is 1. The maximum absolute atomic E-state index is 10.9. The van der Waals surface area contributed by atoms with Gasteiger partial charge in [0, 0.05) is 12.9 Å². The van der Waals surface area contributed by atoms with E-state index in [0.29, 0.717) is 38.6 Å². The molecule has 0 spiro atoms. The lowest BCUT2D eigenvalue weighted by Crippen LogP contribution is -2.12. The van der Waals surface area contributed by atoms with Crippen LogP contribution in [0.3, 0.4) is 0 Å². The molecule has 0 aliphatic rings. The largest absolute Gasteiger partial charge is 0.463 e. The molecule has 14 heavy (non-hydrogen) atoms. The van der Waals surface area contributed by atoms with E-state index in [4.69, 9.17) is 14.2 Å². The van der Waals surface area contributed by atoms with Crippen LogP contribution in [-0.2, 0) is 19.0 Å². The quantitative estimate of drug-likeness (QED) is 0.283. The van der Waals surface area contributed by atoms with Crippen LogP contribution in [0.25, 0.3) is 0 Å². The Morgan fingerprint density at radius 2 is 2.00 bits per heavy atom. The summed E-state index contributed by atoms with van der Waals surface area (Å²) in [4.78, 5) is 10.9. The maximum atomic E-state index is 10.9. The van der Waals surface area contributed by atoms with E-state index in [1.54, 1.807) is 7.11 Å². The molecule has 0 saturated heterocycles. The lowest BCUT2D eigenvalue weighted by molar-refractivity contribution is -0.144. The molecule has 0 aromatic carbocycles. The zero-order valence-corrected chi connectivity index (χ0v) is 9.94. The third-order valence-corrected chi connectivity index (χ3v) is 2.25. The summed E-state index contributed by atoms with van der Waals surface area (Å²) >= 11 is 3.91. The second-order valence-corrected chi connectivity index (χ2v) is 3.85. The molecule has 84 valence electrons. The average Bonchev–Trinajstić information content (AvgIpc) is 2.20. The molecule has 0 radical (unpaired) electrons. The van der Waals surface area contributed by atoms with Crippen molar-refractivity contribution in [2.24, 2.45) is 0 Å². The predicted molar refractivity (Wildman–Crippen MR) is 59.7 cm³/mol. The van der Waals surface area contributed by atoms with Crippen LogP contribution in [0.4, 0.5) is 0 Å². The summed E-state index contributed by atoms with van der Waals surface area (Å²) < 4.78 is 14.8. The fourth-order valence-corrected chi connectivity index (χ4v) is 1.19. The van der Waals surface area contributed by atoms with Crippen molar-refractivity contribution >= 4 is 28.4 Å². The summed E-state index contributed by atoms with van der Waals surface area (Å²) in [5.41, 5.74) is 0. The molecule has 4 nitrogen and oxygen atoms in total. The van der Waals surface area contributed by atoms with E-state index in [1.165, 1.54) is 10.8 Å². The second-order valence-electron chi connectivity index (χ2n) is 2.41. The molecule has 0 rings (SSSR count). The molecule has 0 heterocycles. The molecule has 0 N–H and O–H groups in total. The van der Waals surface area contributed by atoms with Crippen molar-refractivity contribution in [1.29, 1.82) is 0 Å². The monoisotopic (exact) mass is 240 g/mol. The molecule has 0 aliphatic carbocycles. The van der Waals surface area contributed by atoms with E-state index in [1.807, 2.05) is 0 Å². The lowest BCUT2D eigenvalue weighted by Gasteiger charge is -2.04. The molecular formula is C8H16O4S2. The Morgan fingerprint density at radius 3 is 2.64 bits per heavy atom. The highest BCUT2D eigenvalue weighted by Crippen LogP contribution is 2.06. The van der Waals surface area contributed by atoms with Crippen LogP contribution < -0.4 is 0 Å². The van der Waals surface area contributed by atoms with E-state index in [-0.39, 0.29) is 5.97 Å². The summed E-state index contributed by atoms with van der Waals surface area (Å²) in [6, 6.07) is 0. The molecule has 0 amide bonds. The molecule has 6 heteroatoms. The summed E-state index contributed by atoms with van der Waals surface area (Å²) in [5.74, 6) is 0.467. The molecular weight excluding hydrogens is 224 g/mol. The zero-order chi connectivity index (χ0) is 10.6. The molecule has 0 aromatic rings. The molecule has 0 aliphatic heterocycles. The first kappa shape index (κ1) is 14.1.